The van der Waals surface area contributed by atoms with Crippen molar-refractivity contribution >= 4 is 36.9 Å². The van der Waals surface area contributed by atoms with Crippen LogP contribution in [0.3, 0.4) is 0 Å². The molecule has 0 fully saturated rings. The van der Waals surface area contributed by atoms with Crippen LogP contribution in [0.5, 0.6) is 0 Å². The van der Waals surface area contributed by atoms with Gasteiger partial charge in [-0.05, 0) is 25.8 Å². The summed E-state index contributed by atoms with van der Waals surface area (Å²) in [6.45, 7) is 1.19. The normalized spacial score (nSPS) is 14.8. The molecular weight excluding hydrogens is 262 g/mol. The van der Waals surface area contributed by atoms with Crippen molar-refractivity contribution in [3.63, 3.8) is 0 Å². The van der Waals surface area contributed by atoms with Gasteiger partial charge in [-0.15, -0.1) is 17.0 Å². The summed E-state index contributed by atoms with van der Waals surface area (Å²) in [5.41, 5.74) is 5.28. The maximum atomic E-state index is 10.8. The van der Waals surface area contributed by atoms with Crippen LogP contribution in [0.2, 0.25) is 0 Å². The van der Waals surface area contributed by atoms with Gasteiger partial charge in [0.05, 0.1) is 6.61 Å². The van der Waals surface area contributed by atoms with E-state index in [0.717, 1.165) is 19.3 Å². The first-order valence-electron chi connectivity index (χ1n) is 3.61. The summed E-state index contributed by atoms with van der Waals surface area (Å²) in [5.74, 6) is 0. The van der Waals surface area contributed by atoms with E-state index in [-0.39, 0.29) is 17.0 Å². The predicted molar refractivity (Wildman–Crippen MR) is 60.6 cm³/mol. The zero-order valence-corrected chi connectivity index (χ0v) is 10.5. The number of halogens is 1. The molecule has 3 nitrogen and oxygen atoms in total. The van der Waals surface area contributed by atoms with E-state index in [2.05, 4.69) is 11.2 Å². The van der Waals surface area contributed by atoms with Crippen molar-refractivity contribution in [2.45, 2.75) is 19.3 Å². The van der Waals surface area contributed by atoms with E-state index in [1.54, 1.807) is 0 Å². The van der Waals surface area contributed by atoms with E-state index in [4.69, 9.17) is 9.92 Å². The molecule has 0 heterocycles. The van der Waals surface area contributed by atoms with E-state index in [0.29, 0.717) is 13.2 Å². The molecule has 0 saturated carbocycles. The number of hydrogen-bond donors (Lipinski definition) is 1. The molecule has 1 atom stereocenters. The van der Waals surface area contributed by atoms with Crippen LogP contribution in [0.4, 0.5) is 0 Å². The fourth-order valence-electron chi connectivity index (χ4n) is 0.633. The Kier molecular flexibility index (Phi) is 10.6. The molecule has 0 aliphatic rings. The van der Waals surface area contributed by atoms with E-state index in [9.17, 15) is 4.21 Å². The third-order valence-corrected chi connectivity index (χ3v) is 2.03. The molecule has 0 spiro atoms. The Morgan fingerprint density at radius 3 is 2.42 bits per heavy atom. The average molecular weight is 278 g/mol. The lowest BCUT2D eigenvalue weighted by molar-refractivity contribution is 0.335. The fourth-order valence-corrected chi connectivity index (χ4v) is 1.26. The van der Waals surface area contributed by atoms with E-state index < -0.39 is 8.77 Å². The predicted octanol–water partition coefficient (Wildman–Crippen LogP) is 1.00. The number of unbranched alkanes of at least 4 members (excludes halogenated alkanes) is 2. The van der Waals surface area contributed by atoms with E-state index in [1.165, 1.54) is 6.26 Å². The molecule has 6 heteroatoms. The van der Waals surface area contributed by atoms with Crippen molar-refractivity contribution in [2.75, 3.05) is 19.4 Å². The highest BCUT2D eigenvalue weighted by Crippen LogP contribution is 1.96. The van der Waals surface area contributed by atoms with Gasteiger partial charge in [0.1, 0.15) is 8.77 Å². The van der Waals surface area contributed by atoms with Gasteiger partial charge in [0.2, 0.25) is 0 Å². The van der Waals surface area contributed by atoms with Crippen LogP contribution in [0, 0.1) is 0 Å². The second kappa shape index (κ2) is 8.37. The van der Waals surface area contributed by atoms with E-state index >= 15 is 0 Å². The summed E-state index contributed by atoms with van der Waals surface area (Å²) in [4.78, 5) is 0. The van der Waals surface area contributed by atoms with Gasteiger partial charge in [-0.3, -0.25) is 4.18 Å². The van der Waals surface area contributed by atoms with Gasteiger partial charge in [0.25, 0.3) is 0 Å². The zero-order chi connectivity index (χ0) is 8.74. The minimum Gasteiger partial charge on any atom is -0.330 e. The van der Waals surface area contributed by atoms with Crippen LogP contribution in [0.15, 0.2) is 0 Å². The molecule has 0 aromatic carbocycles. The highest BCUT2D eigenvalue weighted by Gasteiger charge is 1.95. The van der Waals surface area contributed by atoms with Crippen molar-refractivity contribution in [1.82, 2.24) is 0 Å². The second-order valence-corrected chi connectivity index (χ2v) is 5.84. The van der Waals surface area contributed by atoms with Crippen molar-refractivity contribution < 1.29 is 8.39 Å². The first kappa shape index (κ1) is 15.3. The zero-order valence-electron chi connectivity index (χ0n) is 7.15. The lowest BCUT2D eigenvalue weighted by Crippen LogP contribution is -2.04. The maximum absolute atomic E-state index is 10.8. The van der Waals surface area contributed by atoms with E-state index in [1.807, 2.05) is 0 Å². The smallest absolute Gasteiger partial charge is 0.141 e. The molecule has 0 rings (SSSR count). The minimum atomic E-state index is -2.41. The van der Waals surface area contributed by atoms with Gasteiger partial charge < -0.3 is 5.73 Å². The summed E-state index contributed by atoms with van der Waals surface area (Å²) >= 11 is 4.54. The van der Waals surface area contributed by atoms with Crippen molar-refractivity contribution in [3.8, 4) is 0 Å². The molecule has 0 aliphatic carbocycles. The van der Waals surface area contributed by atoms with Gasteiger partial charge in [-0.1, -0.05) is 0 Å². The molecule has 0 aliphatic heterocycles. The Balaban J connectivity index is 0. The molecule has 1 unspecified atom stereocenters. The Labute approximate surface area is 89.7 Å². The van der Waals surface area contributed by atoms with Crippen LogP contribution >= 0.6 is 17.0 Å². The molecule has 0 aromatic rings. The number of hydrogen-bond acceptors (Lipinski definition) is 4. The van der Waals surface area contributed by atoms with Crippen LogP contribution < -0.4 is 5.73 Å². The molecule has 0 saturated heterocycles. The third-order valence-electron chi connectivity index (χ3n) is 1.15. The molecule has 0 aromatic heterocycles. The SMILES string of the molecule is Br.CS(=O)(=S)OCCCCCN. The Morgan fingerprint density at radius 1 is 1.42 bits per heavy atom. The van der Waals surface area contributed by atoms with Crippen LogP contribution in [0.25, 0.3) is 0 Å². The van der Waals surface area contributed by atoms with Gasteiger partial charge in [0.15, 0.2) is 0 Å². The average Bonchev–Trinajstić information content (AvgIpc) is 1.85. The van der Waals surface area contributed by atoms with Crippen molar-refractivity contribution in [3.05, 3.63) is 0 Å². The van der Waals surface area contributed by atoms with Gasteiger partial charge >= 0.3 is 0 Å². The quantitative estimate of drug-likeness (QED) is 0.736. The van der Waals surface area contributed by atoms with Gasteiger partial charge in [-0.2, -0.15) is 0 Å². The summed E-state index contributed by atoms with van der Waals surface area (Å²) in [5, 5.41) is 0. The maximum Gasteiger partial charge on any atom is 0.141 e. The van der Waals surface area contributed by atoms with Crippen LogP contribution in [-0.2, 0) is 24.1 Å². The first-order valence-corrected chi connectivity index (χ1v) is 6.42. The first-order chi connectivity index (χ1) is 5.06. The summed E-state index contributed by atoms with van der Waals surface area (Å²) in [6.07, 6.45) is 4.32. The largest absolute Gasteiger partial charge is 0.330 e. The number of rotatable bonds is 6. The second-order valence-electron chi connectivity index (χ2n) is 2.38. The monoisotopic (exact) mass is 277 g/mol. The summed E-state index contributed by atoms with van der Waals surface area (Å²) in [7, 11) is -2.41. The van der Waals surface area contributed by atoms with Gasteiger partial charge in [0, 0.05) is 17.4 Å². The Morgan fingerprint density at radius 2 is 2.00 bits per heavy atom. The highest BCUT2D eigenvalue weighted by molar-refractivity contribution is 8.93. The Hall–Kier alpha value is 0.770. The molecule has 12 heavy (non-hydrogen) atoms. The molecule has 0 radical (unpaired) electrons. The Bertz CT molecular complexity index is 182. The van der Waals surface area contributed by atoms with Crippen molar-refractivity contribution in [1.29, 1.82) is 0 Å². The lowest BCUT2D eigenvalue weighted by Gasteiger charge is -2.01. The van der Waals surface area contributed by atoms with Crippen LogP contribution in [0.1, 0.15) is 19.3 Å². The number of nitrogens with two attached hydrogens (primary N) is 1. The molecule has 76 valence electrons. The topological polar surface area (TPSA) is 52.3 Å². The molecule has 0 bridgehead atoms. The fraction of sp³-hybridized carbons (Fsp3) is 1.00. The van der Waals surface area contributed by atoms with Gasteiger partial charge in [-0.25, -0.2) is 4.21 Å². The molecule has 2 N–H and O–H groups in total. The standard InChI is InChI=1S/C6H15NO2S2.BrH/c1-11(8,10)9-6-4-2-3-5-7;/h2-7H2,1H3;1H. The summed E-state index contributed by atoms with van der Waals surface area (Å²) in [6, 6.07) is 0. The molecular formula is C6H16BrNO2S2. The lowest BCUT2D eigenvalue weighted by atomic mass is 10.2. The summed E-state index contributed by atoms with van der Waals surface area (Å²) < 4.78 is 15.7. The molecule has 0 amide bonds. The minimum absolute atomic E-state index is 0. The highest BCUT2D eigenvalue weighted by atomic mass is 79.9. The van der Waals surface area contributed by atoms with Crippen molar-refractivity contribution in [2.24, 2.45) is 5.73 Å². The third kappa shape index (κ3) is 13.4. The van der Waals surface area contributed by atoms with Crippen LogP contribution in [-0.4, -0.2) is 23.6 Å².